The number of nitro benzene ring substituents is 1. The number of hydrogen-bond acceptors (Lipinski definition) is 7. The predicted molar refractivity (Wildman–Crippen MR) is 98.9 cm³/mol. The van der Waals surface area contributed by atoms with E-state index in [0.29, 0.717) is 11.4 Å². The molecule has 0 radical (unpaired) electrons. The van der Waals surface area contributed by atoms with Crippen LogP contribution in [0, 0.1) is 10.1 Å². The fourth-order valence-corrected chi connectivity index (χ4v) is 2.03. The molecule has 0 bridgehead atoms. The number of anilines is 2. The molecule has 2 N–H and O–H groups in total. The lowest BCUT2D eigenvalue weighted by atomic mass is 10.2. The van der Waals surface area contributed by atoms with Crippen LogP contribution < -0.4 is 15.4 Å². The highest BCUT2D eigenvalue weighted by Crippen LogP contribution is 2.17. The second-order valence-corrected chi connectivity index (χ2v) is 5.51. The van der Waals surface area contributed by atoms with E-state index in [4.69, 9.17) is 9.47 Å². The van der Waals surface area contributed by atoms with Crippen molar-refractivity contribution in [1.82, 2.24) is 0 Å². The van der Waals surface area contributed by atoms with E-state index < -0.39 is 30.0 Å². The van der Waals surface area contributed by atoms with Crippen molar-refractivity contribution >= 4 is 34.8 Å². The Morgan fingerprint density at radius 3 is 2.04 bits per heavy atom. The fraction of sp³-hybridized carbons (Fsp3) is 0.167. The minimum atomic E-state index is -0.769. The van der Waals surface area contributed by atoms with Crippen LogP contribution in [0.3, 0.4) is 0 Å². The Balaban J connectivity index is 1.72. The number of rotatable bonds is 8. The predicted octanol–water partition coefficient (Wildman–Crippen LogP) is 2.11. The minimum Gasteiger partial charge on any atom is -0.482 e. The SMILES string of the molecule is CC(=O)Nc1ccc(NC(=O)COC(=O)COc2ccc([N+](=O)[O-])cc2)cc1. The first-order valence-corrected chi connectivity index (χ1v) is 8.04. The maximum absolute atomic E-state index is 11.8. The topological polar surface area (TPSA) is 137 Å². The molecule has 10 heteroatoms. The molecule has 0 atom stereocenters. The van der Waals surface area contributed by atoms with Crippen molar-refractivity contribution in [3.05, 3.63) is 58.6 Å². The number of nitrogens with one attached hydrogen (secondary N) is 2. The molecular formula is C18H17N3O7. The molecule has 0 fully saturated rings. The van der Waals surface area contributed by atoms with Gasteiger partial charge in [-0.2, -0.15) is 0 Å². The van der Waals surface area contributed by atoms with Crippen LogP contribution in [0.2, 0.25) is 0 Å². The Bertz CT molecular complexity index is 864. The van der Waals surface area contributed by atoms with Gasteiger partial charge in [0.25, 0.3) is 11.6 Å². The summed E-state index contributed by atoms with van der Waals surface area (Å²) in [7, 11) is 0. The number of amides is 2. The number of benzene rings is 2. The zero-order chi connectivity index (χ0) is 20.5. The number of hydrogen-bond donors (Lipinski definition) is 2. The van der Waals surface area contributed by atoms with Gasteiger partial charge < -0.3 is 20.1 Å². The molecule has 2 rings (SSSR count). The van der Waals surface area contributed by atoms with Gasteiger partial charge in [-0.25, -0.2) is 4.79 Å². The third-order valence-electron chi connectivity index (χ3n) is 3.26. The van der Waals surface area contributed by atoms with Gasteiger partial charge in [-0.3, -0.25) is 19.7 Å². The van der Waals surface area contributed by atoms with Crippen molar-refractivity contribution in [1.29, 1.82) is 0 Å². The lowest BCUT2D eigenvalue weighted by Crippen LogP contribution is -2.23. The van der Waals surface area contributed by atoms with Crippen LogP contribution in [0.25, 0.3) is 0 Å². The highest BCUT2D eigenvalue weighted by atomic mass is 16.6. The Hall–Kier alpha value is -3.95. The largest absolute Gasteiger partial charge is 0.482 e. The average molecular weight is 387 g/mol. The van der Waals surface area contributed by atoms with Gasteiger partial charge in [0.2, 0.25) is 5.91 Å². The fourth-order valence-electron chi connectivity index (χ4n) is 2.03. The van der Waals surface area contributed by atoms with Gasteiger partial charge in [0, 0.05) is 30.4 Å². The first kappa shape index (κ1) is 20.4. The molecule has 2 aromatic rings. The molecule has 0 saturated heterocycles. The molecule has 28 heavy (non-hydrogen) atoms. The lowest BCUT2D eigenvalue weighted by molar-refractivity contribution is -0.384. The number of esters is 1. The maximum Gasteiger partial charge on any atom is 0.344 e. The van der Waals surface area contributed by atoms with E-state index in [2.05, 4.69) is 10.6 Å². The zero-order valence-electron chi connectivity index (χ0n) is 14.8. The Labute approximate surface area is 159 Å². The molecule has 2 aromatic carbocycles. The Morgan fingerprint density at radius 1 is 0.929 bits per heavy atom. The summed E-state index contributed by atoms with van der Waals surface area (Å²) < 4.78 is 9.93. The van der Waals surface area contributed by atoms with Crippen LogP contribution in [0.1, 0.15) is 6.92 Å². The highest BCUT2D eigenvalue weighted by molar-refractivity contribution is 5.93. The molecule has 10 nitrogen and oxygen atoms in total. The lowest BCUT2D eigenvalue weighted by Gasteiger charge is -2.08. The van der Waals surface area contributed by atoms with Crippen LogP contribution in [0.5, 0.6) is 5.75 Å². The maximum atomic E-state index is 11.8. The number of ether oxygens (including phenoxy) is 2. The zero-order valence-corrected chi connectivity index (χ0v) is 14.8. The van der Waals surface area contributed by atoms with Crippen LogP contribution >= 0.6 is 0 Å². The number of non-ortho nitro benzene ring substituents is 1. The number of nitro groups is 1. The molecule has 2 amide bonds. The first-order valence-electron chi connectivity index (χ1n) is 8.04. The van der Waals surface area contributed by atoms with Gasteiger partial charge >= 0.3 is 5.97 Å². The van der Waals surface area contributed by atoms with Crippen molar-refractivity contribution in [2.75, 3.05) is 23.8 Å². The van der Waals surface area contributed by atoms with Gasteiger partial charge in [-0.1, -0.05) is 0 Å². The third kappa shape index (κ3) is 6.75. The van der Waals surface area contributed by atoms with Crippen molar-refractivity contribution in [2.24, 2.45) is 0 Å². The molecule has 0 unspecified atom stereocenters. The monoisotopic (exact) mass is 387 g/mol. The number of nitrogens with zero attached hydrogens (tertiary/aromatic N) is 1. The summed E-state index contributed by atoms with van der Waals surface area (Å²) in [5.41, 5.74) is 0.953. The van der Waals surface area contributed by atoms with Gasteiger partial charge in [0.1, 0.15) is 5.75 Å². The van der Waals surface area contributed by atoms with E-state index in [1.54, 1.807) is 24.3 Å². The summed E-state index contributed by atoms with van der Waals surface area (Å²) in [4.78, 5) is 44.4. The molecule has 0 saturated carbocycles. The van der Waals surface area contributed by atoms with Gasteiger partial charge in [0.05, 0.1) is 4.92 Å². The number of carbonyl (C=O) groups excluding carboxylic acids is 3. The van der Waals surface area contributed by atoms with E-state index in [-0.39, 0.29) is 17.3 Å². The van der Waals surface area contributed by atoms with Crippen LogP contribution in [0.15, 0.2) is 48.5 Å². The van der Waals surface area contributed by atoms with Crippen molar-refractivity contribution in [2.45, 2.75) is 6.92 Å². The van der Waals surface area contributed by atoms with E-state index in [9.17, 15) is 24.5 Å². The van der Waals surface area contributed by atoms with Crippen LogP contribution in [-0.2, 0) is 19.1 Å². The summed E-state index contributed by atoms with van der Waals surface area (Å²) in [6.45, 7) is 0.432. The van der Waals surface area contributed by atoms with E-state index in [0.717, 1.165) is 0 Å². The second kappa shape index (κ2) is 9.67. The second-order valence-electron chi connectivity index (χ2n) is 5.51. The first-order chi connectivity index (χ1) is 13.3. The quantitative estimate of drug-likeness (QED) is 0.402. The molecule has 0 spiro atoms. The van der Waals surface area contributed by atoms with Crippen molar-refractivity contribution < 1.29 is 28.8 Å². The molecule has 0 aliphatic carbocycles. The molecule has 0 aliphatic heterocycles. The molecular weight excluding hydrogens is 370 g/mol. The smallest absolute Gasteiger partial charge is 0.344 e. The van der Waals surface area contributed by atoms with Gasteiger partial charge in [-0.05, 0) is 36.4 Å². The summed E-state index contributed by atoms with van der Waals surface area (Å²) in [5.74, 6) is -1.27. The normalized spacial score (nSPS) is 9.89. The Kier molecular flexibility index (Phi) is 7.03. The van der Waals surface area contributed by atoms with Crippen molar-refractivity contribution in [3.8, 4) is 5.75 Å². The van der Waals surface area contributed by atoms with Crippen molar-refractivity contribution in [3.63, 3.8) is 0 Å². The summed E-state index contributed by atoms with van der Waals surface area (Å²) in [5, 5.41) is 15.7. The standard InChI is InChI=1S/C18H17N3O7/c1-12(22)19-13-2-4-14(5-3-13)20-17(23)10-28-18(24)11-27-16-8-6-15(7-9-16)21(25)26/h2-9H,10-11H2,1H3,(H,19,22)(H,20,23). The Morgan fingerprint density at radius 2 is 1.50 bits per heavy atom. The van der Waals surface area contributed by atoms with Crippen LogP contribution in [-0.4, -0.2) is 35.9 Å². The van der Waals surface area contributed by atoms with E-state index in [1.807, 2.05) is 0 Å². The third-order valence-corrected chi connectivity index (χ3v) is 3.26. The minimum absolute atomic E-state index is 0.100. The summed E-state index contributed by atoms with van der Waals surface area (Å²) in [6, 6.07) is 11.6. The molecule has 146 valence electrons. The molecule has 0 aromatic heterocycles. The highest BCUT2D eigenvalue weighted by Gasteiger charge is 2.10. The van der Waals surface area contributed by atoms with E-state index in [1.165, 1.54) is 31.2 Å². The summed E-state index contributed by atoms with van der Waals surface area (Å²) in [6.07, 6.45) is 0. The molecule has 0 heterocycles. The van der Waals surface area contributed by atoms with Crippen LogP contribution in [0.4, 0.5) is 17.1 Å². The van der Waals surface area contributed by atoms with Gasteiger partial charge in [0.15, 0.2) is 13.2 Å². The van der Waals surface area contributed by atoms with E-state index >= 15 is 0 Å². The average Bonchev–Trinajstić information content (AvgIpc) is 2.66. The summed E-state index contributed by atoms with van der Waals surface area (Å²) >= 11 is 0. The van der Waals surface area contributed by atoms with Gasteiger partial charge in [-0.15, -0.1) is 0 Å². The number of carbonyl (C=O) groups is 3. The molecule has 0 aliphatic rings.